The molecular weight excluding hydrogens is 172 g/mol. The first-order chi connectivity index (χ1) is 6.18. The summed E-state index contributed by atoms with van der Waals surface area (Å²) in [6, 6.07) is 0. The molecule has 0 saturated carbocycles. The zero-order chi connectivity index (χ0) is 9.68. The van der Waals surface area contributed by atoms with E-state index in [4.69, 9.17) is 9.84 Å². The van der Waals surface area contributed by atoms with Crippen LogP contribution in [0.15, 0.2) is 6.20 Å². The number of aromatic amines is 1. The zero-order valence-corrected chi connectivity index (χ0v) is 7.41. The number of rotatable bonds is 5. The summed E-state index contributed by atoms with van der Waals surface area (Å²) in [5, 5.41) is 8.27. The summed E-state index contributed by atoms with van der Waals surface area (Å²) in [6.07, 6.45) is 2.34. The number of H-pyrrole nitrogens is 1. The van der Waals surface area contributed by atoms with Gasteiger partial charge in [0, 0.05) is 18.3 Å². The third-order valence-electron chi connectivity index (χ3n) is 1.46. The number of carbonyl (C=O) groups is 1. The molecule has 5 heteroatoms. The second-order valence-electron chi connectivity index (χ2n) is 2.71. The molecule has 0 spiro atoms. The Morgan fingerprint density at radius 1 is 1.77 bits per heavy atom. The summed E-state index contributed by atoms with van der Waals surface area (Å²) in [5.41, 5.74) is 0.994. The third kappa shape index (κ3) is 3.71. The highest BCUT2D eigenvalue weighted by atomic mass is 16.5. The van der Waals surface area contributed by atoms with Gasteiger partial charge in [-0.2, -0.15) is 0 Å². The van der Waals surface area contributed by atoms with Crippen molar-refractivity contribution < 1.29 is 14.6 Å². The van der Waals surface area contributed by atoms with Gasteiger partial charge in [0.15, 0.2) is 0 Å². The molecule has 1 aromatic rings. The summed E-state index contributed by atoms with van der Waals surface area (Å²) in [4.78, 5) is 17.1. The number of aryl methyl sites for hydroxylation is 1. The number of ether oxygens (including phenoxy) is 1. The van der Waals surface area contributed by atoms with Crippen LogP contribution in [0.1, 0.15) is 11.5 Å². The Hall–Kier alpha value is -1.36. The molecule has 0 unspecified atom stereocenters. The van der Waals surface area contributed by atoms with E-state index in [1.54, 1.807) is 6.20 Å². The average Bonchev–Trinajstić information content (AvgIpc) is 2.45. The predicted molar refractivity (Wildman–Crippen MR) is 45.5 cm³/mol. The highest BCUT2D eigenvalue weighted by Crippen LogP contribution is 1.95. The monoisotopic (exact) mass is 184 g/mol. The molecular formula is C8H12N2O3. The SMILES string of the molecule is Cc1cnc(CCOCC(=O)O)[nH]1. The maximum absolute atomic E-state index is 10.1. The van der Waals surface area contributed by atoms with E-state index in [1.165, 1.54) is 0 Å². The molecule has 0 radical (unpaired) electrons. The number of nitrogens with zero attached hydrogens (tertiary/aromatic N) is 1. The molecule has 0 amide bonds. The minimum absolute atomic E-state index is 0.250. The first-order valence-corrected chi connectivity index (χ1v) is 3.98. The summed E-state index contributed by atoms with van der Waals surface area (Å²) < 4.78 is 4.85. The molecule has 1 rings (SSSR count). The first kappa shape index (κ1) is 9.73. The number of aliphatic carboxylic acids is 1. The Bertz CT molecular complexity index is 283. The van der Waals surface area contributed by atoms with Gasteiger partial charge in [0.1, 0.15) is 12.4 Å². The summed E-state index contributed by atoms with van der Waals surface area (Å²) in [6.45, 7) is 2.04. The van der Waals surface area contributed by atoms with Crippen molar-refractivity contribution in [3.63, 3.8) is 0 Å². The van der Waals surface area contributed by atoms with Crippen LogP contribution in [0.3, 0.4) is 0 Å². The van der Waals surface area contributed by atoms with Crippen molar-refractivity contribution in [1.29, 1.82) is 0 Å². The average molecular weight is 184 g/mol. The standard InChI is InChI=1S/C8H12N2O3/c1-6-4-9-7(10-6)2-3-13-5-8(11)12/h4H,2-3,5H2,1H3,(H,9,10)(H,11,12). The van der Waals surface area contributed by atoms with Gasteiger partial charge in [-0.3, -0.25) is 0 Å². The van der Waals surface area contributed by atoms with Crippen molar-refractivity contribution in [1.82, 2.24) is 9.97 Å². The van der Waals surface area contributed by atoms with Crippen LogP contribution in [0.25, 0.3) is 0 Å². The minimum Gasteiger partial charge on any atom is -0.480 e. The van der Waals surface area contributed by atoms with E-state index in [0.717, 1.165) is 11.5 Å². The van der Waals surface area contributed by atoms with Gasteiger partial charge in [0.25, 0.3) is 0 Å². The van der Waals surface area contributed by atoms with Crippen LogP contribution in [-0.4, -0.2) is 34.3 Å². The number of carboxylic acid groups (broad SMARTS) is 1. The number of carboxylic acids is 1. The lowest BCUT2D eigenvalue weighted by atomic mass is 10.4. The molecule has 0 aliphatic carbocycles. The van der Waals surface area contributed by atoms with Gasteiger partial charge in [-0.15, -0.1) is 0 Å². The molecule has 0 aromatic carbocycles. The van der Waals surface area contributed by atoms with Crippen molar-refractivity contribution >= 4 is 5.97 Å². The minimum atomic E-state index is -0.948. The number of nitrogens with one attached hydrogen (secondary N) is 1. The summed E-state index contributed by atoms with van der Waals surface area (Å²) >= 11 is 0. The van der Waals surface area contributed by atoms with Crippen molar-refractivity contribution in [2.24, 2.45) is 0 Å². The Morgan fingerprint density at radius 2 is 2.54 bits per heavy atom. The van der Waals surface area contributed by atoms with E-state index in [1.807, 2.05) is 6.92 Å². The van der Waals surface area contributed by atoms with Gasteiger partial charge >= 0.3 is 5.97 Å². The van der Waals surface area contributed by atoms with Crippen LogP contribution in [0, 0.1) is 6.92 Å². The van der Waals surface area contributed by atoms with Crippen LogP contribution in [0.5, 0.6) is 0 Å². The van der Waals surface area contributed by atoms with Crippen molar-refractivity contribution in [2.45, 2.75) is 13.3 Å². The maximum Gasteiger partial charge on any atom is 0.329 e. The predicted octanol–water partition coefficient (Wildman–Crippen LogP) is 0.362. The molecule has 0 saturated heterocycles. The molecule has 0 bridgehead atoms. The Morgan fingerprint density at radius 3 is 3.08 bits per heavy atom. The number of hydrogen-bond acceptors (Lipinski definition) is 3. The fourth-order valence-corrected chi connectivity index (χ4v) is 0.922. The quantitative estimate of drug-likeness (QED) is 0.648. The Labute approximate surface area is 75.8 Å². The summed E-state index contributed by atoms with van der Waals surface area (Å²) in [7, 11) is 0. The van der Waals surface area contributed by atoms with Crippen LogP contribution >= 0.6 is 0 Å². The number of imidazole rings is 1. The second-order valence-corrected chi connectivity index (χ2v) is 2.71. The number of hydrogen-bond donors (Lipinski definition) is 2. The van der Waals surface area contributed by atoms with Gasteiger partial charge in [-0.05, 0) is 6.92 Å². The van der Waals surface area contributed by atoms with Crippen LogP contribution in [0.4, 0.5) is 0 Å². The molecule has 0 aliphatic heterocycles. The lowest BCUT2D eigenvalue weighted by Gasteiger charge is -1.97. The molecule has 5 nitrogen and oxygen atoms in total. The normalized spacial score (nSPS) is 10.2. The second kappa shape index (κ2) is 4.61. The Kier molecular flexibility index (Phi) is 3.45. The number of aromatic nitrogens is 2. The van der Waals surface area contributed by atoms with Crippen LogP contribution in [-0.2, 0) is 16.0 Å². The molecule has 0 atom stereocenters. The molecule has 0 fully saturated rings. The first-order valence-electron chi connectivity index (χ1n) is 3.98. The highest BCUT2D eigenvalue weighted by Gasteiger charge is 1.99. The van der Waals surface area contributed by atoms with Gasteiger partial charge < -0.3 is 14.8 Å². The molecule has 1 heterocycles. The smallest absolute Gasteiger partial charge is 0.329 e. The van der Waals surface area contributed by atoms with Crippen molar-refractivity contribution in [3.05, 3.63) is 17.7 Å². The van der Waals surface area contributed by atoms with E-state index >= 15 is 0 Å². The molecule has 2 N–H and O–H groups in total. The van der Waals surface area contributed by atoms with Crippen LogP contribution < -0.4 is 0 Å². The highest BCUT2D eigenvalue weighted by molar-refractivity contribution is 5.67. The van der Waals surface area contributed by atoms with Crippen molar-refractivity contribution in [2.75, 3.05) is 13.2 Å². The third-order valence-corrected chi connectivity index (χ3v) is 1.46. The van der Waals surface area contributed by atoms with E-state index in [9.17, 15) is 4.79 Å². The van der Waals surface area contributed by atoms with E-state index < -0.39 is 5.97 Å². The molecule has 72 valence electrons. The largest absolute Gasteiger partial charge is 0.480 e. The van der Waals surface area contributed by atoms with Gasteiger partial charge in [0.05, 0.1) is 6.61 Å². The zero-order valence-electron chi connectivity index (χ0n) is 7.41. The van der Waals surface area contributed by atoms with Gasteiger partial charge in [-0.1, -0.05) is 0 Å². The molecule has 1 aromatic heterocycles. The van der Waals surface area contributed by atoms with E-state index in [-0.39, 0.29) is 6.61 Å². The summed E-state index contributed by atoms with van der Waals surface area (Å²) in [5.74, 6) is -0.126. The fourth-order valence-electron chi connectivity index (χ4n) is 0.922. The fraction of sp³-hybridized carbons (Fsp3) is 0.500. The van der Waals surface area contributed by atoms with Crippen LogP contribution in [0.2, 0.25) is 0 Å². The molecule has 13 heavy (non-hydrogen) atoms. The topological polar surface area (TPSA) is 75.2 Å². The maximum atomic E-state index is 10.1. The molecule has 0 aliphatic rings. The van der Waals surface area contributed by atoms with E-state index in [0.29, 0.717) is 13.0 Å². The van der Waals surface area contributed by atoms with E-state index in [2.05, 4.69) is 9.97 Å². The van der Waals surface area contributed by atoms with Crippen molar-refractivity contribution in [3.8, 4) is 0 Å². The van der Waals surface area contributed by atoms with Gasteiger partial charge in [0.2, 0.25) is 0 Å². The lowest BCUT2D eigenvalue weighted by molar-refractivity contribution is -0.142. The Balaban J connectivity index is 2.16. The lowest BCUT2D eigenvalue weighted by Crippen LogP contribution is -2.09. The van der Waals surface area contributed by atoms with Gasteiger partial charge in [-0.25, -0.2) is 9.78 Å².